The first-order valence-electron chi connectivity index (χ1n) is 20.6. The number of fused-ring (bicyclic) bond motifs is 9. The van der Waals surface area contributed by atoms with Crippen molar-refractivity contribution in [2.75, 3.05) is 0 Å². The molecule has 0 fully saturated rings. The molecule has 0 aliphatic heterocycles. The lowest BCUT2D eigenvalue weighted by molar-refractivity contribution is 0.632. The Bertz CT molecular complexity index is 3520. The number of para-hydroxylation sites is 1. The molecule has 0 atom stereocenters. The highest BCUT2D eigenvalue weighted by atomic mass is 16.3. The number of hydrogen-bond donors (Lipinski definition) is 0. The Balaban J connectivity index is 1.10. The monoisotopic (exact) mass is 777 g/mol. The predicted octanol–water partition coefficient (Wildman–Crippen LogP) is 15.2. The molecule has 0 unspecified atom stereocenters. The second-order valence-corrected chi connectivity index (χ2v) is 15.5. The van der Waals surface area contributed by atoms with Crippen LogP contribution in [0.3, 0.4) is 0 Å². The molecule has 0 saturated carbocycles. The van der Waals surface area contributed by atoms with Crippen LogP contribution in [-0.2, 0) is 0 Å². The number of nitrogens with zero attached hydrogens (tertiary/aromatic N) is 3. The summed E-state index contributed by atoms with van der Waals surface area (Å²) in [5.41, 5.74) is 11.3. The Morgan fingerprint density at radius 3 is 1.39 bits per heavy atom. The average Bonchev–Trinajstić information content (AvgIpc) is 3.76. The Hall–Kier alpha value is -8.21. The van der Waals surface area contributed by atoms with E-state index in [9.17, 15) is 0 Å². The number of furan rings is 1. The fourth-order valence-electron chi connectivity index (χ4n) is 9.00. The van der Waals surface area contributed by atoms with Crippen molar-refractivity contribution in [2.45, 2.75) is 0 Å². The molecule has 3 heterocycles. The summed E-state index contributed by atoms with van der Waals surface area (Å²) in [7, 11) is 0. The molecule has 4 heteroatoms. The van der Waals surface area contributed by atoms with Crippen LogP contribution in [0.25, 0.3) is 122 Å². The van der Waals surface area contributed by atoms with Gasteiger partial charge in [0, 0.05) is 44.2 Å². The summed E-state index contributed by atoms with van der Waals surface area (Å²) in [4.78, 5) is 15.4. The van der Waals surface area contributed by atoms with Gasteiger partial charge in [-0.25, -0.2) is 15.0 Å². The quantitative estimate of drug-likeness (QED) is 0.158. The highest BCUT2D eigenvalue weighted by Crippen LogP contribution is 2.48. The molecule has 0 radical (unpaired) electrons. The fourth-order valence-corrected chi connectivity index (χ4v) is 9.00. The van der Waals surface area contributed by atoms with Crippen molar-refractivity contribution in [1.29, 1.82) is 0 Å². The van der Waals surface area contributed by atoms with Gasteiger partial charge in [0.05, 0.1) is 16.9 Å². The molecule has 3 aromatic heterocycles. The molecule has 4 nitrogen and oxygen atoms in total. The number of hydrogen-bond acceptors (Lipinski definition) is 4. The lowest BCUT2D eigenvalue weighted by Gasteiger charge is -2.13. The van der Waals surface area contributed by atoms with Gasteiger partial charge >= 0.3 is 0 Å². The van der Waals surface area contributed by atoms with Crippen LogP contribution >= 0.6 is 0 Å². The summed E-state index contributed by atoms with van der Waals surface area (Å²) >= 11 is 0. The highest BCUT2D eigenvalue weighted by Gasteiger charge is 2.25. The van der Waals surface area contributed by atoms with Crippen molar-refractivity contribution in [3.63, 3.8) is 0 Å². The van der Waals surface area contributed by atoms with Gasteiger partial charge in [0.2, 0.25) is 0 Å². The van der Waals surface area contributed by atoms with E-state index in [2.05, 4.69) is 170 Å². The van der Waals surface area contributed by atoms with Crippen molar-refractivity contribution in [3.8, 4) is 67.6 Å². The third kappa shape index (κ3) is 5.88. The van der Waals surface area contributed by atoms with Gasteiger partial charge < -0.3 is 4.42 Å². The molecule has 0 N–H and O–H groups in total. The standard InChI is InChI=1S/C57H35N3O/c1-4-16-36(17-5-1)50-35-51(60-57(59-50)40-20-8-3-9-21-40)37-28-30-39(31-29-37)55-52(53-47-26-14-15-27-49(47)58-54(56(53)61-55)38-18-6-2-7-19-38)41-32-33-46-44-24-11-10-22-42(44)43-23-12-13-25-45(43)48(46)34-41/h1-35H. The zero-order valence-electron chi connectivity index (χ0n) is 33.0. The van der Waals surface area contributed by atoms with Crippen LogP contribution in [-0.4, -0.2) is 15.0 Å². The summed E-state index contributed by atoms with van der Waals surface area (Å²) in [5, 5.41) is 9.49. The Kier molecular flexibility index (Phi) is 8.13. The van der Waals surface area contributed by atoms with Crippen LogP contribution in [0.4, 0.5) is 0 Å². The lowest BCUT2D eigenvalue weighted by atomic mass is 9.90. The van der Waals surface area contributed by atoms with Gasteiger partial charge in [0.15, 0.2) is 11.4 Å². The first-order valence-corrected chi connectivity index (χ1v) is 20.6. The molecule has 0 saturated heterocycles. The van der Waals surface area contributed by atoms with Gasteiger partial charge in [-0.15, -0.1) is 0 Å². The van der Waals surface area contributed by atoms with Crippen molar-refractivity contribution >= 4 is 54.2 Å². The van der Waals surface area contributed by atoms with Crippen LogP contribution in [0, 0.1) is 0 Å². The lowest BCUT2D eigenvalue weighted by Crippen LogP contribution is -1.95. The average molecular weight is 778 g/mol. The van der Waals surface area contributed by atoms with Crippen molar-refractivity contribution in [1.82, 2.24) is 15.0 Å². The minimum absolute atomic E-state index is 0.685. The van der Waals surface area contributed by atoms with E-state index in [1.54, 1.807) is 0 Å². The van der Waals surface area contributed by atoms with E-state index in [-0.39, 0.29) is 0 Å². The molecule has 0 aliphatic rings. The summed E-state index contributed by atoms with van der Waals surface area (Å²) in [6, 6.07) is 74.3. The normalized spacial score (nSPS) is 11.6. The van der Waals surface area contributed by atoms with Gasteiger partial charge in [0.1, 0.15) is 11.5 Å². The van der Waals surface area contributed by atoms with E-state index < -0.39 is 0 Å². The first-order chi connectivity index (χ1) is 30.2. The summed E-state index contributed by atoms with van der Waals surface area (Å²) in [6.45, 7) is 0. The molecular weight excluding hydrogens is 743 g/mol. The maximum atomic E-state index is 7.21. The van der Waals surface area contributed by atoms with Crippen molar-refractivity contribution < 1.29 is 4.42 Å². The largest absolute Gasteiger partial charge is 0.453 e. The molecule has 9 aromatic carbocycles. The maximum absolute atomic E-state index is 7.21. The summed E-state index contributed by atoms with van der Waals surface area (Å²) in [5.74, 6) is 1.48. The van der Waals surface area contributed by atoms with Gasteiger partial charge in [-0.05, 0) is 56.1 Å². The molecule has 61 heavy (non-hydrogen) atoms. The second-order valence-electron chi connectivity index (χ2n) is 15.5. The van der Waals surface area contributed by atoms with E-state index in [0.717, 1.165) is 83.7 Å². The predicted molar refractivity (Wildman–Crippen MR) is 252 cm³/mol. The summed E-state index contributed by atoms with van der Waals surface area (Å²) in [6.07, 6.45) is 0. The fraction of sp³-hybridized carbons (Fsp3) is 0. The Morgan fingerprint density at radius 2 is 0.770 bits per heavy atom. The van der Waals surface area contributed by atoms with Crippen LogP contribution in [0.5, 0.6) is 0 Å². The van der Waals surface area contributed by atoms with Gasteiger partial charge in [-0.2, -0.15) is 0 Å². The summed E-state index contributed by atoms with van der Waals surface area (Å²) < 4.78 is 7.21. The minimum atomic E-state index is 0.685. The van der Waals surface area contributed by atoms with E-state index >= 15 is 0 Å². The molecule has 0 amide bonds. The molecular formula is C57H35N3O. The zero-order valence-corrected chi connectivity index (χ0v) is 33.0. The molecule has 0 spiro atoms. The van der Waals surface area contributed by atoms with E-state index in [4.69, 9.17) is 19.4 Å². The van der Waals surface area contributed by atoms with Crippen LogP contribution in [0.1, 0.15) is 0 Å². The maximum Gasteiger partial charge on any atom is 0.162 e. The topological polar surface area (TPSA) is 51.8 Å². The van der Waals surface area contributed by atoms with Gasteiger partial charge in [-0.1, -0.05) is 194 Å². The molecule has 0 aliphatic carbocycles. The Morgan fingerprint density at radius 1 is 0.311 bits per heavy atom. The van der Waals surface area contributed by atoms with Crippen LogP contribution < -0.4 is 0 Å². The third-order valence-electron chi connectivity index (χ3n) is 11.9. The van der Waals surface area contributed by atoms with Gasteiger partial charge in [-0.3, -0.25) is 0 Å². The SMILES string of the molecule is c1ccc(-c2cc(-c3ccc(-c4oc5c(-c6ccccc6)nc6ccccc6c5c4-c4ccc5c6ccccc6c6ccccc6c5c4)cc3)nc(-c3ccccc3)n2)cc1. The minimum Gasteiger partial charge on any atom is -0.453 e. The van der Waals surface area contributed by atoms with Crippen LogP contribution in [0.2, 0.25) is 0 Å². The smallest absolute Gasteiger partial charge is 0.162 e. The second kappa shape index (κ2) is 14.3. The number of benzene rings is 9. The van der Waals surface area contributed by atoms with E-state index in [1.807, 2.05) is 42.5 Å². The molecule has 12 rings (SSSR count). The Labute approximate surface area is 352 Å². The number of aromatic nitrogens is 3. The van der Waals surface area contributed by atoms with Crippen molar-refractivity contribution in [2.24, 2.45) is 0 Å². The molecule has 284 valence electrons. The van der Waals surface area contributed by atoms with Gasteiger partial charge in [0.25, 0.3) is 0 Å². The van der Waals surface area contributed by atoms with E-state index in [1.165, 1.54) is 32.3 Å². The third-order valence-corrected chi connectivity index (χ3v) is 11.9. The van der Waals surface area contributed by atoms with Crippen LogP contribution in [0.15, 0.2) is 217 Å². The number of pyridine rings is 1. The first kappa shape index (κ1) is 34.8. The molecule has 0 bridgehead atoms. The molecule has 12 aromatic rings. The highest BCUT2D eigenvalue weighted by molar-refractivity contribution is 6.26. The van der Waals surface area contributed by atoms with E-state index in [0.29, 0.717) is 5.82 Å². The number of rotatable bonds is 6. The van der Waals surface area contributed by atoms with Crippen molar-refractivity contribution in [3.05, 3.63) is 212 Å². The zero-order chi connectivity index (χ0) is 40.3.